The van der Waals surface area contributed by atoms with Crippen LogP contribution in [0.3, 0.4) is 0 Å². The fourth-order valence-corrected chi connectivity index (χ4v) is 1.87. The summed E-state index contributed by atoms with van der Waals surface area (Å²) in [5.74, 6) is 2.33. The molecule has 0 aliphatic heterocycles. The van der Waals surface area contributed by atoms with E-state index in [0.717, 1.165) is 18.2 Å². The summed E-state index contributed by atoms with van der Waals surface area (Å²) in [6.45, 7) is 14.3. The highest BCUT2D eigenvalue weighted by atomic mass is 15.2. The molecular weight excluding hydrogens is 210 g/mol. The molecule has 0 aliphatic carbocycles. The molecule has 2 atom stereocenters. The monoisotopic (exact) mass is 237 g/mol. The molecule has 0 saturated heterocycles. The van der Waals surface area contributed by atoms with Gasteiger partial charge in [-0.25, -0.2) is 4.98 Å². The molecule has 0 aliphatic rings. The number of nitrogens with zero attached hydrogens (tertiary/aromatic N) is 2. The summed E-state index contributed by atoms with van der Waals surface area (Å²) in [6, 6.07) is 0.496. The molecule has 0 radical (unpaired) electrons. The van der Waals surface area contributed by atoms with E-state index in [1.54, 1.807) is 0 Å². The Labute approximate surface area is 106 Å². The van der Waals surface area contributed by atoms with E-state index in [1.165, 1.54) is 6.42 Å². The number of aromatic nitrogens is 2. The predicted octanol–water partition coefficient (Wildman–Crippen LogP) is 3.87. The van der Waals surface area contributed by atoms with E-state index in [9.17, 15) is 0 Å². The number of aryl methyl sites for hydroxylation is 1. The quantitative estimate of drug-likeness (QED) is 0.814. The van der Waals surface area contributed by atoms with E-state index >= 15 is 0 Å². The summed E-state index contributed by atoms with van der Waals surface area (Å²) in [5.41, 5.74) is 1.09. The van der Waals surface area contributed by atoms with Crippen molar-refractivity contribution in [3.63, 3.8) is 0 Å². The molecule has 3 heteroatoms. The van der Waals surface area contributed by atoms with Gasteiger partial charge in [-0.05, 0) is 25.7 Å². The van der Waals surface area contributed by atoms with Crippen LogP contribution in [0.4, 0.5) is 5.95 Å². The van der Waals surface area contributed by atoms with Gasteiger partial charge in [-0.15, -0.1) is 0 Å². The van der Waals surface area contributed by atoms with Crippen LogP contribution in [0.5, 0.6) is 0 Å². The summed E-state index contributed by atoms with van der Waals surface area (Å²) >= 11 is 0. The maximum atomic E-state index is 4.57. The second kappa shape index (κ2) is 6.08. The van der Waals surface area contributed by atoms with E-state index in [2.05, 4.69) is 62.6 Å². The summed E-state index contributed by atoms with van der Waals surface area (Å²) in [7, 11) is 0. The number of imidazole rings is 1. The van der Waals surface area contributed by atoms with Crippen molar-refractivity contribution >= 4 is 5.95 Å². The van der Waals surface area contributed by atoms with Crippen LogP contribution in [-0.2, 0) is 0 Å². The van der Waals surface area contributed by atoms with Crippen LogP contribution in [0.15, 0.2) is 6.20 Å². The zero-order valence-corrected chi connectivity index (χ0v) is 12.1. The first-order valence-electron chi connectivity index (χ1n) is 6.75. The van der Waals surface area contributed by atoms with Crippen LogP contribution in [0.2, 0.25) is 0 Å². The highest BCUT2D eigenvalue weighted by Crippen LogP contribution is 2.24. The second-order valence-electron chi connectivity index (χ2n) is 5.51. The summed E-state index contributed by atoms with van der Waals surface area (Å²) in [5, 5.41) is 3.45. The smallest absolute Gasteiger partial charge is 0.203 e. The topological polar surface area (TPSA) is 29.9 Å². The van der Waals surface area contributed by atoms with Gasteiger partial charge in [0.05, 0.1) is 5.69 Å². The van der Waals surface area contributed by atoms with E-state index < -0.39 is 0 Å². The number of anilines is 1. The molecule has 0 amide bonds. The fraction of sp³-hybridized carbons (Fsp3) is 0.786. The molecule has 1 N–H and O–H groups in total. The number of hydrogen-bond acceptors (Lipinski definition) is 2. The molecule has 0 saturated carbocycles. The molecule has 3 nitrogen and oxygen atoms in total. The Morgan fingerprint density at radius 2 is 1.94 bits per heavy atom. The summed E-state index contributed by atoms with van der Waals surface area (Å²) in [4.78, 5) is 4.57. The van der Waals surface area contributed by atoms with Crippen LogP contribution >= 0.6 is 0 Å². The first-order valence-corrected chi connectivity index (χ1v) is 6.75. The zero-order valence-electron chi connectivity index (χ0n) is 12.1. The average Bonchev–Trinajstić information content (AvgIpc) is 2.65. The molecule has 0 spiro atoms. The van der Waals surface area contributed by atoms with E-state index in [4.69, 9.17) is 0 Å². The minimum absolute atomic E-state index is 0.496. The van der Waals surface area contributed by atoms with Gasteiger partial charge in [-0.2, -0.15) is 0 Å². The van der Waals surface area contributed by atoms with Crippen LogP contribution in [-0.4, -0.2) is 16.1 Å². The first-order chi connectivity index (χ1) is 7.95. The Hall–Kier alpha value is -0.990. The molecule has 98 valence electrons. The molecule has 0 fully saturated rings. The molecule has 2 unspecified atom stereocenters. The van der Waals surface area contributed by atoms with Crippen molar-refractivity contribution in [3.8, 4) is 0 Å². The van der Waals surface area contributed by atoms with Gasteiger partial charge in [0.25, 0.3) is 0 Å². The van der Waals surface area contributed by atoms with Crippen LogP contribution in [0.25, 0.3) is 0 Å². The lowest BCUT2D eigenvalue weighted by Crippen LogP contribution is -2.18. The largest absolute Gasteiger partial charge is 0.355 e. The van der Waals surface area contributed by atoms with Gasteiger partial charge < -0.3 is 9.88 Å². The SMILES string of the molecule is CCC(C)C(C)n1cc(C)nc1NCC(C)C. The molecule has 17 heavy (non-hydrogen) atoms. The Balaban J connectivity index is 2.83. The summed E-state index contributed by atoms with van der Waals surface area (Å²) in [6.07, 6.45) is 3.35. The Bertz CT molecular complexity index is 341. The Morgan fingerprint density at radius 1 is 1.29 bits per heavy atom. The van der Waals surface area contributed by atoms with Gasteiger partial charge in [0.2, 0.25) is 5.95 Å². The minimum Gasteiger partial charge on any atom is -0.355 e. The van der Waals surface area contributed by atoms with Crippen LogP contribution in [0, 0.1) is 18.8 Å². The Morgan fingerprint density at radius 3 is 2.47 bits per heavy atom. The van der Waals surface area contributed by atoms with Gasteiger partial charge in [0.1, 0.15) is 0 Å². The molecule has 1 rings (SSSR count). The normalized spacial score (nSPS) is 15.0. The number of hydrogen-bond donors (Lipinski definition) is 1. The highest BCUT2D eigenvalue weighted by molar-refractivity contribution is 5.29. The third-order valence-electron chi connectivity index (χ3n) is 3.43. The minimum atomic E-state index is 0.496. The first kappa shape index (κ1) is 14.1. The van der Waals surface area contributed by atoms with Crippen LogP contribution in [0.1, 0.15) is 52.8 Å². The van der Waals surface area contributed by atoms with Crippen molar-refractivity contribution in [2.45, 2.75) is 54.0 Å². The third kappa shape index (κ3) is 3.76. The third-order valence-corrected chi connectivity index (χ3v) is 3.43. The maximum Gasteiger partial charge on any atom is 0.203 e. The molecule has 1 aromatic heterocycles. The lowest BCUT2D eigenvalue weighted by Gasteiger charge is -2.22. The zero-order chi connectivity index (χ0) is 13.0. The van der Waals surface area contributed by atoms with Gasteiger partial charge in [-0.3, -0.25) is 0 Å². The molecule has 1 heterocycles. The summed E-state index contributed by atoms with van der Waals surface area (Å²) < 4.78 is 2.28. The average molecular weight is 237 g/mol. The van der Waals surface area contributed by atoms with Gasteiger partial charge in [0, 0.05) is 18.8 Å². The van der Waals surface area contributed by atoms with Gasteiger partial charge >= 0.3 is 0 Å². The van der Waals surface area contributed by atoms with Crippen molar-refractivity contribution in [1.29, 1.82) is 0 Å². The van der Waals surface area contributed by atoms with E-state index in [-0.39, 0.29) is 0 Å². The van der Waals surface area contributed by atoms with E-state index in [1.807, 2.05) is 0 Å². The van der Waals surface area contributed by atoms with Gasteiger partial charge in [0.15, 0.2) is 0 Å². The van der Waals surface area contributed by atoms with Crippen molar-refractivity contribution < 1.29 is 0 Å². The number of rotatable bonds is 6. The van der Waals surface area contributed by atoms with Gasteiger partial charge in [-0.1, -0.05) is 34.1 Å². The van der Waals surface area contributed by atoms with Crippen molar-refractivity contribution in [2.75, 3.05) is 11.9 Å². The highest BCUT2D eigenvalue weighted by Gasteiger charge is 2.16. The van der Waals surface area contributed by atoms with Crippen LogP contribution < -0.4 is 5.32 Å². The maximum absolute atomic E-state index is 4.57. The van der Waals surface area contributed by atoms with Crippen molar-refractivity contribution in [2.24, 2.45) is 11.8 Å². The molecule has 0 aromatic carbocycles. The second-order valence-corrected chi connectivity index (χ2v) is 5.51. The molecular formula is C14H27N3. The Kier molecular flexibility index (Phi) is 5.03. The lowest BCUT2D eigenvalue weighted by molar-refractivity contribution is 0.372. The molecule has 0 bridgehead atoms. The standard InChI is InChI=1S/C14H27N3/c1-7-11(4)13(6)17-9-12(5)16-14(17)15-8-10(2)3/h9-11,13H,7-8H2,1-6H3,(H,15,16). The van der Waals surface area contributed by atoms with Crippen molar-refractivity contribution in [3.05, 3.63) is 11.9 Å². The lowest BCUT2D eigenvalue weighted by atomic mass is 10.0. The predicted molar refractivity (Wildman–Crippen MR) is 74.5 cm³/mol. The fourth-order valence-electron chi connectivity index (χ4n) is 1.87. The van der Waals surface area contributed by atoms with E-state index in [0.29, 0.717) is 17.9 Å². The molecule has 1 aromatic rings. The van der Waals surface area contributed by atoms with Crippen molar-refractivity contribution in [1.82, 2.24) is 9.55 Å². The number of nitrogens with one attached hydrogen (secondary N) is 1.